The fraction of sp³-hybridized carbons (Fsp3) is 0.130. The van der Waals surface area contributed by atoms with Gasteiger partial charge in [-0.1, -0.05) is 42.5 Å². The number of halogens is 1. The number of rotatable bonds is 7. The highest BCUT2D eigenvalue weighted by molar-refractivity contribution is 5.56. The van der Waals surface area contributed by atoms with Gasteiger partial charge in [0.05, 0.1) is 19.8 Å². The number of hydrogen-bond acceptors (Lipinski definition) is 6. The van der Waals surface area contributed by atoms with Crippen LogP contribution in [0.3, 0.4) is 0 Å². The Morgan fingerprint density at radius 2 is 1.53 bits per heavy atom. The Hall–Kier alpha value is -3.87. The highest BCUT2D eigenvalue weighted by Gasteiger charge is 2.23. The fourth-order valence-corrected chi connectivity index (χ4v) is 3.09. The second-order valence-corrected chi connectivity index (χ2v) is 6.51. The first kappa shape index (κ1) is 19.4. The third kappa shape index (κ3) is 4.10. The summed E-state index contributed by atoms with van der Waals surface area (Å²) in [6, 6.07) is 20.9. The maximum absolute atomic E-state index is 14.2. The minimum Gasteiger partial charge on any atom is -0.497 e. The van der Waals surface area contributed by atoms with Gasteiger partial charge in [0.15, 0.2) is 0 Å². The molecule has 7 heteroatoms. The molecule has 0 fully saturated rings. The van der Waals surface area contributed by atoms with Crippen molar-refractivity contribution >= 4 is 5.69 Å². The molecule has 1 atom stereocenters. The van der Waals surface area contributed by atoms with Crippen LogP contribution >= 0.6 is 0 Å². The molecule has 0 spiro atoms. The Balaban J connectivity index is 1.73. The van der Waals surface area contributed by atoms with Crippen LogP contribution in [0.2, 0.25) is 0 Å². The lowest BCUT2D eigenvalue weighted by Gasteiger charge is -2.18. The standard InChI is InChI=1S/C23H20FN3O3/c1-28-17-12-16(13-18(14-17)29-2)25-21(15-8-4-3-5-9-15)23-27-26-22(30-23)19-10-6-7-11-20(19)24/h3-14,21,25H,1-2H3. The van der Waals surface area contributed by atoms with E-state index in [1.54, 1.807) is 38.5 Å². The van der Waals surface area contributed by atoms with E-state index in [-0.39, 0.29) is 11.5 Å². The van der Waals surface area contributed by atoms with Gasteiger partial charge in [0.2, 0.25) is 5.89 Å². The highest BCUT2D eigenvalue weighted by atomic mass is 19.1. The molecule has 30 heavy (non-hydrogen) atoms. The summed E-state index contributed by atoms with van der Waals surface area (Å²) in [5.41, 5.74) is 1.90. The van der Waals surface area contributed by atoms with Crippen LogP contribution in [0, 0.1) is 5.82 Å². The lowest BCUT2D eigenvalue weighted by molar-refractivity contribution is 0.394. The zero-order chi connectivity index (χ0) is 20.9. The summed E-state index contributed by atoms with van der Waals surface area (Å²) in [5, 5.41) is 11.6. The molecule has 1 N–H and O–H groups in total. The number of benzene rings is 3. The van der Waals surface area contributed by atoms with E-state index in [0.717, 1.165) is 11.3 Å². The number of anilines is 1. The van der Waals surface area contributed by atoms with Crippen molar-refractivity contribution < 1.29 is 18.3 Å². The number of nitrogens with one attached hydrogen (secondary N) is 1. The first-order chi connectivity index (χ1) is 14.7. The molecule has 6 nitrogen and oxygen atoms in total. The molecule has 1 aromatic heterocycles. The smallest absolute Gasteiger partial charge is 0.250 e. The molecule has 152 valence electrons. The minimum atomic E-state index is -0.462. The third-order valence-corrected chi connectivity index (χ3v) is 4.59. The molecule has 0 saturated heterocycles. The summed E-state index contributed by atoms with van der Waals surface area (Å²) < 4.78 is 30.7. The maximum Gasteiger partial charge on any atom is 0.250 e. The first-order valence-corrected chi connectivity index (χ1v) is 9.31. The maximum atomic E-state index is 14.2. The van der Waals surface area contributed by atoms with Crippen molar-refractivity contribution in [3.63, 3.8) is 0 Å². The summed E-state index contributed by atoms with van der Waals surface area (Å²) in [6.45, 7) is 0. The normalized spacial score (nSPS) is 11.7. The van der Waals surface area contributed by atoms with Crippen molar-refractivity contribution in [1.29, 1.82) is 0 Å². The van der Waals surface area contributed by atoms with Crippen molar-refractivity contribution in [2.75, 3.05) is 19.5 Å². The van der Waals surface area contributed by atoms with Gasteiger partial charge in [-0.15, -0.1) is 10.2 Å². The van der Waals surface area contributed by atoms with Crippen LogP contribution < -0.4 is 14.8 Å². The Kier molecular flexibility index (Phi) is 5.61. The molecule has 1 unspecified atom stereocenters. The average molecular weight is 405 g/mol. The van der Waals surface area contributed by atoms with E-state index < -0.39 is 11.9 Å². The monoisotopic (exact) mass is 405 g/mol. The largest absolute Gasteiger partial charge is 0.497 e. The first-order valence-electron chi connectivity index (χ1n) is 9.31. The molecule has 0 amide bonds. The molecular formula is C23H20FN3O3. The van der Waals surface area contributed by atoms with Crippen molar-refractivity contribution in [3.05, 3.63) is 90.1 Å². The molecule has 0 aliphatic carbocycles. The van der Waals surface area contributed by atoms with E-state index >= 15 is 0 Å². The zero-order valence-corrected chi connectivity index (χ0v) is 16.5. The van der Waals surface area contributed by atoms with Gasteiger partial charge in [-0.05, 0) is 17.7 Å². The summed E-state index contributed by atoms with van der Waals surface area (Å²) in [5.74, 6) is 1.28. The van der Waals surface area contributed by atoms with E-state index in [0.29, 0.717) is 17.4 Å². The van der Waals surface area contributed by atoms with E-state index in [1.165, 1.54) is 6.07 Å². The van der Waals surface area contributed by atoms with Gasteiger partial charge in [0.25, 0.3) is 5.89 Å². The Morgan fingerprint density at radius 3 is 2.20 bits per heavy atom. The van der Waals surface area contributed by atoms with Gasteiger partial charge in [0, 0.05) is 23.9 Å². The van der Waals surface area contributed by atoms with Gasteiger partial charge in [0.1, 0.15) is 23.4 Å². The predicted molar refractivity (Wildman–Crippen MR) is 111 cm³/mol. The molecule has 0 saturated carbocycles. The van der Waals surface area contributed by atoms with Crippen LogP contribution in [-0.4, -0.2) is 24.4 Å². The SMILES string of the molecule is COc1cc(NC(c2ccccc2)c2nnc(-c3ccccc3F)o2)cc(OC)c1. The number of methoxy groups -OCH3 is 2. The Labute approximate surface area is 173 Å². The molecular weight excluding hydrogens is 385 g/mol. The van der Waals surface area contributed by atoms with Crippen LogP contribution in [0.1, 0.15) is 17.5 Å². The van der Waals surface area contributed by atoms with E-state index in [2.05, 4.69) is 15.5 Å². The van der Waals surface area contributed by atoms with E-state index in [1.807, 2.05) is 42.5 Å². The highest BCUT2D eigenvalue weighted by Crippen LogP contribution is 2.32. The predicted octanol–water partition coefficient (Wildman–Crippen LogP) is 5.09. The average Bonchev–Trinajstić information content (AvgIpc) is 3.27. The fourth-order valence-electron chi connectivity index (χ4n) is 3.09. The Bertz CT molecular complexity index is 1110. The molecule has 4 rings (SSSR count). The lowest BCUT2D eigenvalue weighted by atomic mass is 10.1. The molecule has 3 aromatic carbocycles. The topological polar surface area (TPSA) is 69.4 Å². The van der Waals surface area contributed by atoms with Gasteiger partial charge >= 0.3 is 0 Å². The van der Waals surface area contributed by atoms with Crippen LogP contribution in [-0.2, 0) is 0 Å². The molecule has 0 aliphatic rings. The number of hydrogen-bond donors (Lipinski definition) is 1. The van der Waals surface area contributed by atoms with Crippen LogP contribution in [0.25, 0.3) is 11.5 Å². The van der Waals surface area contributed by atoms with Crippen LogP contribution in [0.4, 0.5) is 10.1 Å². The molecule has 0 aliphatic heterocycles. The summed E-state index contributed by atoms with van der Waals surface area (Å²) in [7, 11) is 3.18. The molecule has 4 aromatic rings. The number of nitrogens with zero attached hydrogens (tertiary/aromatic N) is 2. The van der Waals surface area contributed by atoms with E-state index in [9.17, 15) is 4.39 Å². The van der Waals surface area contributed by atoms with Crippen molar-refractivity contribution in [1.82, 2.24) is 10.2 Å². The molecule has 0 bridgehead atoms. The van der Waals surface area contributed by atoms with E-state index in [4.69, 9.17) is 13.9 Å². The zero-order valence-electron chi connectivity index (χ0n) is 16.5. The summed E-state index contributed by atoms with van der Waals surface area (Å²) >= 11 is 0. The number of aromatic nitrogens is 2. The summed E-state index contributed by atoms with van der Waals surface area (Å²) in [6.07, 6.45) is 0. The lowest BCUT2D eigenvalue weighted by Crippen LogP contribution is -2.13. The minimum absolute atomic E-state index is 0.119. The second kappa shape index (κ2) is 8.65. The Morgan fingerprint density at radius 1 is 0.867 bits per heavy atom. The summed E-state index contributed by atoms with van der Waals surface area (Å²) in [4.78, 5) is 0. The molecule has 0 radical (unpaired) electrons. The number of ether oxygens (including phenoxy) is 2. The van der Waals surface area contributed by atoms with Crippen molar-refractivity contribution in [2.45, 2.75) is 6.04 Å². The van der Waals surface area contributed by atoms with Gasteiger partial charge in [-0.25, -0.2) is 4.39 Å². The second-order valence-electron chi connectivity index (χ2n) is 6.51. The van der Waals surface area contributed by atoms with Gasteiger partial charge < -0.3 is 19.2 Å². The molecule has 1 heterocycles. The van der Waals surface area contributed by atoms with Crippen molar-refractivity contribution in [2.24, 2.45) is 0 Å². The van der Waals surface area contributed by atoms with Crippen LogP contribution in [0.15, 0.2) is 77.2 Å². The van der Waals surface area contributed by atoms with Crippen LogP contribution in [0.5, 0.6) is 11.5 Å². The third-order valence-electron chi connectivity index (χ3n) is 4.59. The van der Waals surface area contributed by atoms with Gasteiger partial charge in [-0.3, -0.25) is 0 Å². The van der Waals surface area contributed by atoms with Crippen molar-refractivity contribution in [3.8, 4) is 23.0 Å². The van der Waals surface area contributed by atoms with Gasteiger partial charge in [-0.2, -0.15) is 0 Å². The quantitative estimate of drug-likeness (QED) is 0.462.